The Morgan fingerprint density at radius 2 is 2.06 bits per heavy atom. The van der Waals surface area contributed by atoms with Gasteiger partial charge in [0.15, 0.2) is 0 Å². The van der Waals surface area contributed by atoms with Crippen molar-refractivity contribution >= 4 is 17.7 Å². The van der Waals surface area contributed by atoms with Crippen LogP contribution >= 0.6 is 11.6 Å². The van der Waals surface area contributed by atoms with Gasteiger partial charge in [0.2, 0.25) is 0 Å². The van der Waals surface area contributed by atoms with E-state index in [9.17, 15) is 0 Å². The number of pyridine rings is 1. The Morgan fingerprint density at radius 1 is 1.33 bits per heavy atom. The molecule has 92 valence electrons. The lowest BCUT2D eigenvalue weighted by molar-refractivity contribution is 0.305. The fourth-order valence-corrected chi connectivity index (χ4v) is 1.95. The van der Waals surface area contributed by atoms with Gasteiger partial charge in [0.25, 0.3) is 0 Å². The molecule has 1 heterocycles. The summed E-state index contributed by atoms with van der Waals surface area (Å²) in [4.78, 5) is 4.17. The molecular weight excluding hydrogens is 246 g/mol. The monoisotopic (exact) mass is 259 g/mol. The third-order valence-corrected chi connectivity index (χ3v) is 2.81. The SMILES string of the molecule is C=Cc1c(OCc2ccccc2)cc(Cl)nc1C. The van der Waals surface area contributed by atoms with E-state index in [1.165, 1.54) is 0 Å². The van der Waals surface area contributed by atoms with Crippen LogP contribution in [-0.4, -0.2) is 4.98 Å². The first kappa shape index (κ1) is 12.7. The van der Waals surface area contributed by atoms with Crippen molar-refractivity contribution in [2.45, 2.75) is 13.5 Å². The molecule has 18 heavy (non-hydrogen) atoms. The minimum atomic E-state index is 0.432. The molecule has 0 aliphatic carbocycles. The maximum absolute atomic E-state index is 5.94. The van der Waals surface area contributed by atoms with E-state index in [1.807, 2.05) is 37.3 Å². The molecule has 0 fully saturated rings. The summed E-state index contributed by atoms with van der Waals surface area (Å²) in [5.74, 6) is 0.714. The fraction of sp³-hybridized carbons (Fsp3) is 0.133. The lowest BCUT2D eigenvalue weighted by atomic mass is 10.2. The topological polar surface area (TPSA) is 22.1 Å². The van der Waals surface area contributed by atoms with E-state index in [-0.39, 0.29) is 0 Å². The molecule has 0 spiro atoms. The van der Waals surface area contributed by atoms with Crippen LogP contribution in [0.4, 0.5) is 0 Å². The lowest BCUT2D eigenvalue weighted by Gasteiger charge is -2.11. The Kier molecular flexibility index (Phi) is 4.00. The predicted octanol–water partition coefficient (Wildman–Crippen LogP) is 4.27. The number of rotatable bonds is 4. The van der Waals surface area contributed by atoms with Gasteiger partial charge < -0.3 is 4.74 Å². The molecule has 1 aromatic carbocycles. The highest BCUT2D eigenvalue weighted by Crippen LogP contribution is 2.26. The van der Waals surface area contributed by atoms with Crippen molar-refractivity contribution in [2.24, 2.45) is 0 Å². The van der Waals surface area contributed by atoms with Gasteiger partial charge in [0.05, 0.1) is 0 Å². The van der Waals surface area contributed by atoms with Crippen LogP contribution in [0.3, 0.4) is 0 Å². The quantitative estimate of drug-likeness (QED) is 0.765. The number of hydrogen-bond donors (Lipinski definition) is 0. The van der Waals surface area contributed by atoms with Crippen LogP contribution in [0, 0.1) is 6.92 Å². The first-order valence-corrected chi connectivity index (χ1v) is 6.05. The van der Waals surface area contributed by atoms with E-state index in [0.29, 0.717) is 17.5 Å². The maximum Gasteiger partial charge on any atom is 0.133 e. The smallest absolute Gasteiger partial charge is 0.133 e. The minimum absolute atomic E-state index is 0.432. The Hall–Kier alpha value is -1.80. The first-order chi connectivity index (χ1) is 8.70. The molecule has 2 rings (SSSR count). The normalized spacial score (nSPS) is 10.1. The van der Waals surface area contributed by atoms with E-state index in [1.54, 1.807) is 12.1 Å². The molecule has 0 radical (unpaired) electrons. The van der Waals surface area contributed by atoms with E-state index >= 15 is 0 Å². The van der Waals surface area contributed by atoms with E-state index < -0.39 is 0 Å². The molecule has 0 N–H and O–H groups in total. The van der Waals surface area contributed by atoms with Gasteiger partial charge in [-0.05, 0) is 12.5 Å². The van der Waals surface area contributed by atoms with Gasteiger partial charge in [0.1, 0.15) is 17.5 Å². The summed E-state index contributed by atoms with van der Waals surface area (Å²) in [6.45, 7) is 6.16. The minimum Gasteiger partial charge on any atom is -0.488 e. The molecule has 0 saturated carbocycles. The van der Waals surface area contributed by atoms with Gasteiger partial charge in [-0.3, -0.25) is 0 Å². The molecule has 1 aromatic heterocycles. The molecule has 2 nitrogen and oxygen atoms in total. The van der Waals surface area contributed by atoms with Crippen LogP contribution in [0.5, 0.6) is 5.75 Å². The van der Waals surface area contributed by atoms with Crippen LogP contribution in [0.15, 0.2) is 43.0 Å². The first-order valence-electron chi connectivity index (χ1n) is 5.67. The Labute approximate surface area is 112 Å². The predicted molar refractivity (Wildman–Crippen MR) is 74.8 cm³/mol. The second-order valence-corrected chi connectivity index (χ2v) is 4.31. The maximum atomic E-state index is 5.94. The summed E-state index contributed by atoms with van der Waals surface area (Å²) in [5.41, 5.74) is 2.81. The molecular formula is C15H14ClNO. The molecule has 0 amide bonds. The zero-order valence-corrected chi connectivity index (χ0v) is 10.9. The van der Waals surface area contributed by atoms with Crippen molar-refractivity contribution in [3.63, 3.8) is 0 Å². The van der Waals surface area contributed by atoms with Gasteiger partial charge in [-0.25, -0.2) is 4.98 Å². The van der Waals surface area contributed by atoms with E-state index in [0.717, 1.165) is 16.8 Å². The number of aryl methyl sites for hydroxylation is 1. The number of aromatic nitrogens is 1. The average Bonchev–Trinajstić information content (AvgIpc) is 2.37. The van der Waals surface area contributed by atoms with Crippen LogP contribution in [0.25, 0.3) is 6.08 Å². The molecule has 3 heteroatoms. The van der Waals surface area contributed by atoms with Crippen LogP contribution in [-0.2, 0) is 6.61 Å². The van der Waals surface area contributed by atoms with Crippen LogP contribution in [0.1, 0.15) is 16.8 Å². The molecule has 0 atom stereocenters. The van der Waals surface area contributed by atoms with Crippen molar-refractivity contribution in [2.75, 3.05) is 0 Å². The van der Waals surface area contributed by atoms with Crippen molar-refractivity contribution in [1.82, 2.24) is 4.98 Å². The number of halogens is 1. The highest BCUT2D eigenvalue weighted by atomic mass is 35.5. The Morgan fingerprint density at radius 3 is 2.72 bits per heavy atom. The molecule has 0 unspecified atom stereocenters. The Balaban J connectivity index is 2.21. The molecule has 0 saturated heterocycles. The number of nitrogens with zero attached hydrogens (tertiary/aromatic N) is 1. The second-order valence-electron chi connectivity index (χ2n) is 3.92. The summed E-state index contributed by atoms with van der Waals surface area (Å²) in [6.07, 6.45) is 1.74. The van der Waals surface area contributed by atoms with Gasteiger partial charge in [0, 0.05) is 17.3 Å². The van der Waals surface area contributed by atoms with E-state index in [4.69, 9.17) is 16.3 Å². The van der Waals surface area contributed by atoms with Gasteiger partial charge >= 0.3 is 0 Å². The zero-order valence-electron chi connectivity index (χ0n) is 10.2. The molecule has 2 aromatic rings. The number of benzene rings is 1. The number of hydrogen-bond acceptors (Lipinski definition) is 2. The standard InChI is InChI=1S/C15H14ClNO/c1-3-13-11(2)17-15(16)9-14(13)18-10-12-7-5-4-6-8-12/h3-9H,1,10H2,2H3. The summed E-state index contributed by atoms with van der Waals surface area (Å²) >= 11 is 5.94. The highest BCUT2D eigenvalue weighted by molar-refractivity contribution is 6.29. The third kappa shape index (κ3) is 2.90. The largest absolute Gasteiger partial charge is 0.488 e. The lowest BCUT2D eigenvalue weighted by Crippen LogP contribution is -1.99. The van der Waals surface area contributed by atoms with Gasteiger partial charge in [-0.15, -0.1) is 0 Å². The summed E-state index contributed by atoms with van der Waals surface area (Å²) in [7, 11) is 0. The molecule has 0 bridgehead atoms. The second kappa shape index (κ2) is 5.69. The summed E-state index contributed by atoms with van der Waals surface area (Å²) < 4.78 is 5.78. The van der Waals surface area contributed by atoms with Crippen molar-refractivity contribution in [3.8, 4) is 5.75 Å². The average molecular weight is 260 g/mol. The zero-order chi connectivity index (χ0) is 13.0. The van der Waals surface area contributed by atoms with Crippen molar-refractivity contribution in [1.29, 1.82) is 0 Å². The van der Waals surface area contributed by atoms with Gasteiger partial charge in [-0.1, -0.05) is 54.6 Å². The molecule has 0 aliphatic rings. The summed E-state index contributed by atoms with van der Waals surface area (Å²) in [5, 5.41) is 0.432. The van der Waals surface area contributed by atoms with Crippen molar-refractivity contribution < 1.29 is 4.74 Å². The van der Waals surface area contributed by atoms with Crippen LogP contribution in [0.2, 0.25) is 5.15 Å². The number of ether oxygens (including phenoxy) is 1. The van der Waals surface area contributed by atoms with Gasteiger partial charge in [-0.2, -0.15) is 0 Å². The summed E-state index contributed by atoms with van der Waals surface area (Å²) in [6, 6.07) is 11.7. The third-order valence-electron chi connectivity index (χ3n) is 2.62. The van der Waals surface area contributed by atoms with Crippen LogP contribution < -0.4 is 4.74 Å². The highest BCUT2D eigenvalue weighted by Gasteiger charge is 2.07. The molecule has 0 aliphatic heterocycles. The Bertz CT molecular complexity index is 552. The fourth-order valence-electron chi connectivity index (χ4n) is 1.72. The van der Waals surface area contributed by atoms with Crippen molar-refractivity contribution in [3.05, 3.63) is 65.0 Å². The van der Waals surface area contributed by atoms with E-state index in [2.05, 4.69) is 11.6 Å².